The van der Waals surface area contributed by atoms with Crippen LogP contribution in [0.15, 0.2) is 47.3 Å². The summed E-state index contributed by atoms with van der Waals surface area (Å²) < 4.78 is 5.23. The number of carbonyl (C=O) groups is 1. The zero-order valence-electron chi connectivity index (χ0n) is 14.5. The van der Waals surface area contributed by atoms with Crippen LogP contribution in [0.4, 0.5) is 11.6 Å². The molecule has 1 amide bonds. The quantitative estimate of drug-likeness (QED) is 0.739. The molecule has 2 aromatic heterocycles. The molecule has 1 aromatic carbocycles. The molecule has 0 atom stereocenters. The number of hydrogen-bond donors (Lipinski definition) is 2. The molecule has 0 aliphatic rings. The van der Waals surface area contributed by atoms with E-state index < -0.39 is 0 Å². The summed E-state index contributed by atoms with van der Waals surface area (Å²) in [7, 11) is 0. The summed E-state index contributed by atoms with van der Waals surface area (Å²) in [6.45, 7) is 6.48. The largest absolute Gasteiger partial charge is 0.467 e. The lowest BCUT2D eigenvalue weighted by Gasteiger charge is -2.12. The van der Waals surface area contributed by atoms with Crippen LogP contribution >= 0.6 is 0 Å². The summed E-state index contributed by atoms with van der Waals surface area (Å²) in [5.41, 5.74) is 4.47. The number of amides is 1. The minimum atomic E-state index is -0.229. The molecule has 25 heavy (non-hydrogen) atoms. The molecular weight excluding hydrogens is 316 g/mol. The predicted molar refractivity (Wildman–Crippen MR) is 96.7 cm³/mol. The van der Waals surface area contributed by atoms with Gasteiger partial charge < -0.3 is 15.1 Å². The van der Waals surface area contributed by atoms with Crippen LogP contribution < -0.4 is 10.6 Å². The lowest BCUT2D eigenvalue weighted by atomic mass is 10.0. The Morgan fingerprint density at radius 1 is 1.12 bits per heavy atom. The number of nitrogens with one attached hydrogen (secondary N) is 2. The van der Waals surface area contributed by atoms with Gasteiger partial charge in [0, 0.05) is 18.1 Å². The van der Waals surface area contributed by atoms with Crippen LogP contribution in [0.2, 0.25) is 0 Å². The molecule has 2 heterocycles. The van der Waals surface area contributed by atoms with Gasteiger partial charge in [-0.2, -0.15) is 0 Å². The number of aryl methyl sites for hydroxylation is 3. The van der Waals surface area contributed by atoms with Crippen molar-refractivity contribution in [3.63, 3.8) is 0 Å². The van der Waals surface area contributed by atoms with E-state index in [2.05, 4.69) is 20.6 Å². The number of benzene rings is 1. The van der Waals surface area contributed by atoms with Crippen molar-refractivity contribution in [3.05, 3.63) is 70.9 Å². The second-order valence-corrected chi connectivity index (χ2v) is 5.96. The minimum absolute atomic E-state index is 0.229. The summed E-state index contributed by atoms with van der Waals surface area (Å²) in [5, 5.41) is 5.98. The Labute approximate surface area is 146 Å². The highest BCUT2D eigenvalue weighted by Gasteiger charge is 2.11. The average molecular weight is 336 g/mol. The Bertz CT molecular complexity index is 848. The fourth-order valence-corrected chi connectivity index (χ4v) is 2.68. The number of aromatic nitrogens is 2. The van der Waals surface area contributed by atoms with E-state index in [0.717, 1.165) is 22.6 Å². The normalized spacial score (nSPS) is 10.5. The monoisotopic (exact) mass is 336 g/mol. The number of hydrogen-bond acceptors (Lipinski definition) is 5. The SMILES string of the molecule is Cc1cc(C)c(NC(=O)c2cnc(NCc3ccco3)nc2)c(C)c1. The van der Waals surface area contributed by atoms with Gasteiger partial charge in [0.15, 0.2) is 0 Å². The first-order valence-corrected chi connectivity index (χ1v) is 8.00. The number of carbonyl (C=O) groups excluding carboxylic acids is 1. The van der Waals surface area contributed by atoms with Gasteiger partial charge in [-0.05, 0) is 44.0 Å². The number of furan rings is 1. The van der Waals surface area contributed by atoms with Gasteiger partial charge in [-0.15, -0.1) is 0 Å². The van der Waals surface area contributed by atoms with Gasteiger partial charge in [0.25, 0.3) is 5.91 Å². The van der Waals surface area contributed by atoms with Crippen molar-refractivity contribution in [1.82, 2.24) is 9.97 Å². The maximum atomic E-state index is 12.4. The van der Waals surface area contributed by atoms with Gasteiger partial charge in [0.05, 0.1) is 18.4 Å². The lowest BCUT2D eigenvalue weighted by Crippen LogP contribution is -2.15. The molecule has 6 heteroatoms. The molecule has 0 spiro atoms. The maximum Gasteiger partial charge on any atom is 0.258 e. The molecule has 0 saturated carbocycles. The second-order valence-electron chi connectivity index (χ2n) is 5.96. The van der Waals surface area contributed by atoms with Crippen LogP contribution in [0.5, 0.6) is 0 Å². The fourth-order valence-electron chi connectivity index (χ4n) is 2.68. The standard InChI is InChI=1S/C19H20N4O2/c1-12-7-13(2)17(14(3)8-12)23-18(24)15-9-20-19(21-10-15)22-11-16-5-4-6-25-16/h4-10H,11H2,1-3H3,(H,23,24)(H,20,21,22). The first-order chi connectivity index (χ1) is 12.0. The molecule has 3 rings (SSSR count). The number of nitrogens with zero attached hydrogens (tertiary/aromatic N) is 2. The van der Waals surface area contributed by atoms with Crippen LogP contribution in [-0.2, 0) is 6.54 Å². The van der Waals surface area contributed by atoms with Crippen molar-refractivity contribution in [2.75, 3.05) is 10.6 Å². The van der Waals surface area contributed by atoms with E-state index in [1.54, 1.807) is 6.26 Å². The van der Waals surface area contributed by atoms with Crippen LogP contribution in [0.3, 0.4) is 0 Å². The van der Waals surface area contributed by atoms with Crippen LogP contribution in [0.25, 0.3) is 0 Å². The molecule has 0 unspecified atom stereocenters. The molecule has 6 nitrogen and oxygen atoms in total. The lowest BCUT2D eigenvalue weighted by molar-refractivity contribution is 0.102. The van der Waals surface area contributed by atoms with E-state index in [9.17, 15) is 4.79 Å². The highest BCUT2D eigenvalue weighted by atomic mass is 16.3. The van der Waals surface area contributed by atoms with Crippen molar-refractivity contribution >= 4 is 17.5 Å². The highest BCUT2D eigenvalue weighted by Crippen LogP contribution is 2.22. The van der Waals surface area contributed by atoms with Gasteiger partial charge in [-0.1, -0.05) is 17.7 Å². The number of anilines is 2. The maximum absolute atomic E-state index is 12.4. The van der Waals surface area contributed by atoms with Crippen molar-refractivity contribution < 1.29 is 9.21 Å². The molecule has 0 fully saturated rings. The zero-order chi connectivity index (χ0) is 17.8. The third-order valence-corrected chi connectivity index (χ3v) is 3.83. The molecule has 128 valence electrons. The van der Waals surface area contributed by atoms with Crippen LogP contribution in [-0.4, -0.2) is 15.9 Å². The van der Waals surface area contributed by atoms with Crippen molar-refractivity contribution in [2.45, 2.75) is 27.3 Å². The molecule has 0 aliphatic carbocycles. The van der Waals surface area contributed by atoms with E-state index in [1.165, 1.54) is 18.0 Å². The molecule has 0 saturated heterocycles. The summed E-state index contributed by atoms with van der Waals surface area (Å²) in [4.78, 5) is 20.8. The van der Waals surface area contributed by atoms with Crippen LogP contribution in [0, 0.1) is 20.8 Å². The number of rotatable bonds is 5. The van der Waals surface area contributed by atoms with Gasteiger partial charge in [0.1, 0.15) is 5.76 Å². The average Bonchev–Trinajstić information content (AvgIpc) is 3.10. The summed E-state index contributed by atoms with van der Waals surface area (Å²) in [5.74, 6) is 0.999. The summed E-state index contributed by atoms with van der Waals surface area (Å²) in [6.07, 6.45) is 4.62. The summed E-state index contributed by atoms with van der Waals surface area (Å²) in [6, 6.07) is 7.77. The van der Waals surface area contributed by atoms with Crippen LogP contribution in [0.1, 0.15) is 32.8 Å². The Morgan fingerprint density at radius 3 is 2.40 bits per heavy atom. The van der Waals surface area contributed by atoms with Crippen molar-refractivity contribution in [2.24, 2.45) is 0 Å². The first-order valence-electron chi connectivity index (χ1n) is 8.00. The fraction of sp³-hybridized carbons (Fsp3) is 0.211. The molecule has 3 aromatic rings. The Hall–Kier alpha value is -3.15. The Balaban J connectivity index is 1.66. The van der Waals surface area contributed by atoms with E-state index >= 15 is 0 Å². The van der Waals surface area contributed by atoms with E-state index in [0.29, 0.717) is 18.1 Å². The molecule has 2 N–H and O–H groups in total. The van der Waals surface area contributed by atoms with Crippen molar-refractivity contribution in [3.8, 4) is 0 Å². The van der Waals surface area contributed by atoms with Gasteiger partial charge in [-0.25, -0.2) is 9.97 Å². The molecule has 0 radical (unpaired) electrons. The first kappa shape index (κ1) is 16.7. The van der Waals surface area contributed by atoms with Gasteiger partial charge >= 0.3 is 0 Å². The van der Waals surface area contributed by atoms with E-state index in [4.69, 9.17) is 4.42 Å². The van der Waals surface area contributed by atoms with Gasteiger partial charge in [-0.3, -0.25) is 4.79 Å². The smallest absolute Gasteiger partial charge is 0.258 e. The molecule has 0 aliphatic heterocycles. The van der Waals surface area contributed by atoms with E-state index in [1.807, 2.05) is 45.0 Å². The van der Waals surface area contributed by atoms with Gasteiger partial charge in [0.2, 0.25) is 5.95 Å². The predicted octanol–water partition coefficient (Wildman–Crippen LogP) is 3.86. The highest BCUT2D eigenvalue weighted by molar-refractivity contribution is 6.04. The Kier molecular flexibility index (Phi) is 4.79. The van der Waals surface area contributed by atoms with E-state index in [-0.39, 0.29) is 5.91 Å². The topological polar surface area (TPSA) is 80.0 Å². The molecular formula is C19H20N4O2. The van der Waals surface area contributed by atoms with Crippen molar-refractivity contribution in [1.29, 1.82) is 0 Å². The Morgan fingerprint density at radius 2 is 1.80 bits per heavy atom. The third-order valence-electron chi connectivity index (χ3n) is 3.83. The minimum Gasteiger partial charge on any atom is -0.467 e. The third kappa shape index (κ3) is 4.03. The molecule has 0 bridgehead atoms. The summed E-state index contributed by atoms with van der Waals surface area (Å²) >= 11 is 0. The zero-order valence-corrected chi connectivity index (χ0v) is 14.5. The second kappa shape index (κ2) is 7.17.